The molecule has 0 unspecified atom stereocenters. The molecule has 1 rings (SSSR count). The molecule has 0 radical (unpaired) electrons. The zero-order valence-electron chi connectivity index (χ0n) is 7.92. The van der Waals surface area contributed by atoms with E-state index in [1.54, 1.807) is 0 Å². The Morgan fingerprint density at radius 1 is 1.50 bits per heavy atom. The van der Waals surface area contributed by atoms with Crippen LogP contribution in [0.2, 0.25) is 0 Å². The molecule has 8 heteroatoms. The molecule has 1 N–H and O–H groups in total. The Kier molecular flexibility index (Phi) is 6.24. The number of carboxylic acid groups (broad SMARTS) is 1. The van der Waals surface area contributed by atoms with Gasteiger partial charge in [-0.05, 0) is 25.8 Å². The van der Waals surface area contributed by atoms with Crippen molar-refractivity contribution in [2.24, 2.45) is 0 Å². The second-order valence-corrected chi connectivity index (χ2v) is 3.20. The first-order chi connectivity index (χ1) is 5.90. The molecule has 1 heterocycles. The summed E-state index contributed by atoms with van der Waals surface area (Å²) in [5.41, 5.74) is 0. The van der Waals surface area contributed by atoms with Crippen molar-refractivity contribution in [3.8, 4) is 0 Å². The molecule has 1 saturated heterocycles. The summed E-state index contributed by atoms with van der Waals surface area (Å²) in [7, 11) is 0. The van der Waals surface area contributed by atoms with Crippen LogP contribution in [0.25, 0.3) is 0 Å². The van der Waals surface area contributed by atoms with Gasteiger partial charge >= 0.3 is 64.3 Å². The SMILES string of the molecule is O=C(O)[C@H]1CCCN1C[B-](F)(F)F.[K+]. The maximum atomic E-state index is 12.0. The summed E-state index contributed by atoms with van der Waals surface area (Å²) in [4.78, 5) is 11.5. The van der Waals surface area contributed by atoms with Crippen LogP contribution in [-0.4, -0.2) is 42.0 Å². The molecule has 0 aromatic carbocycles. The van der Waals surface area contributed by atoms with Gasteiger partial charge in [0.15, 0.2) is 0 Å². The maximum Gasteiger partial charge on any atom is 1.00 e. The fraction of sp³-hybridized carbons (Fsp3) is 0.833. The van der Waals surface area contributed by atoms with E-state index < -0.39 is 25.4 Å². The first kappa shape index (κ1) is 14.9. The smallest absolute Gasteiger partial charge is 0.480 e. The molecule has 0 amide bonds. The number of halogens is 3. The number of aliphatic carboxylic acids is 1. The van der Waals surface area contributed by atoms with Gasteiger partial charge < -0.3 is 23.0 Å². The van der Waals surface area contributed by atoms with E-state index in [1.165, 1.54) is 0 Å². The van der Waals surface area contributed by atoms with E-state index in [9.17, 15) is 17.7 Å². The van der Waals surface area contributed by atoms with Crippen molar-refractivity contribution >= 4 is 12.9 Å². The van der Waals surface area contributed by atoms with Gasteiger partial charge in [0, 0.05) is 0 Å². The van der Waals surface area contributed by atoms with Crippen LogP contribution in [0.15, 0.2) is 0 Å². The van der Waals surface area contributed by atoms with Crippen molar-refractivity contribution in [3.05, 3.63) is 0 Å². The standard InChI is InChI=1S/C6H10BF3NO2.K/c8-7(9,10)4-11-3-1-2-5(11)6(12)13;/h5H,1-4H2,(H,12,13);/q-1;+1/t5-;/m1./s1. The second-order valence-electron chi connectivity index (χ2n) is 3.20. The molecule has 1 aliphatic rings. The summed E-state index contributed by atoms with van der Waals surface area (Å²) in [6.45, 7) is -4.68. The van der Waals surface area contributed by atoms with Crippen LogP contribution in [-0.2, 0) is 4.79 Å². The van der Waals surface area contributed by atoms with Crippen LogP contribution >= 0.6 is 0 Å². The summed E-state index contributed by atoms with van der Waals surface area (Å²) in [6.07, 6.45) is -0.207. The third-order valence-corrected chi connectivity index (χ3v) is 2.09. The average Bonchev–Trinajstić information content (AvgIpc) is 2.31. The number of carboxylic acids is 1. The van der Waals surface area contributed by atoms with Crippen molar-refractivity contribution in [2.45, 2.75) is 18.9 Å². The van der Waals surface area contributed by atoms with Gasteiger partial charge in [-0.15, -0.1) is 0 Å². The Bertz CT molecular complexity index is 214. The Hall–Kier alpha value is 0.921. The normalized spacial score (nSPS) is 23.2. The molecular formula is C6H10BF3KNO2. The Labute approximate surface area is 122 Å². The van der Waals surface area contributed by atoms with Crippen molar-refractivity contribution in [2.75, 3.05) is 13.0 Å². The molecule has 0 aliphatic carbocycles. The molecule has 0 bridgehead atoms. The predicted molar refractivity (Wildman–Crippen MR) is 41.3 cm³/mol. The molecule has 14 heavy (non-hydrogen) atoms. The zero-order chi connectivity index (χ0) is 10.1. The molecule has 76 valence electrons. The largest absolute Gasteiger partial charge is 1.00 e. The zero-order valence-corrected chi connectivity index (χ0v) is 11.0. The van der Waals surface area contributed by atoms with Gasteiger partial charge in [-0.25, -0.2) is 0 Å². The summed E-state index contributed by atoms with van der Waals surface area (Å²) >= 11 is 0. The third kappa shape index (κ3) is 4.63. The van der Waals surface area contributed by atoms with Crippen LogP contribution in [0, 0.1) is 0 Å². The van der Waals surface area contributed by atoms with Crippen LogP contribution in [0.3, 0.4) is 0 Å². The van der Waals surface area contributed by atoms with Crippen LogP contribution < -0.4 is 51.4 Å². The van der Waals surface area contributed by atoms with Crippen molar-refractivity contribution in [1.29, 1.82) is 0 Å². The fourth-order valence-electron chi connectivity index (χ4n) is 1.59. The fourth-order valence-corrected chi connectivity index (χ4v) is 1.59. The van der Waals surface area contributed by atoms with Crippen molar-refractivity contribution < 1.29 is 74.2 Å². The van der Waals surface area contributed by atoms with Crippen LogP contribution in [0.5, 0.6) is 0 Å². The van der Waals surface area contributed by atoms with E-state index in [2.05, 4.69) is 0 Å². The Morgan fingerprint density at radius 2 is 2.07 bits per heavy atom. The molecule has 0 aromatic rings. The first-order valence-electron chi connectivity index (χ1n) is 4.08. The van der Waals surface area contributed by atoms with Crippen LogP contribution in [0.4, 0.5) is 12.9 Å². The molecule has 3 nitrogen and oxygen atoms in total. The second kappa shape index (κ2) is 5.86. The number of carbonyl (C=O) groups is 1. The van der Waals surface area contributed by atoms with Gasteiger partial charge in [-0.1, -0.05) is 0 Å². The molecular weight excluding hydrogens is 225 g/mol. The molecule has 0 saturated carbocycles. The van der Waals surface area contributed by atoms with E-state index >= 15 is 0 Å². The summed E-state index contributed by atoms with van der Waals surface area (Å²) < 4.78 is 35.9. The summed E-state index contributed by atoms with van der Waals surface area (Å²) in [5, 5.41) is 8.58. The molecule has 1 atom stereocenters. The van der Waals surface area contributed by atoms with E-state index in [4.69, 9.17) is 5.11 Å². The number of likely N-dealkylation sites (tertiary alicyclic amines) is 1. The minimum absolute atomic E-state index is 0. The molecule has 1 fully saturated rings. The average molecular weight is 235 g/mol. The van der Waals surface area contributed by atoms with E-state index in [-0.39, 0.29) is 57.9 Å². The van der Waals surface area contributed by atoms with Gasteiger partial charge in [0.2, 0.25) is 0 Å². The third-order valence-electron chi connectivity index (χ3n) is 2.09. The van der Waals surface area contributed by atoms with E-state index in [0.29, 0.717) is 12.8 Å². The number of rotatable bonds is 3. The predicted octanol–water partition coefficient (Wildman–Crippen LogP) is -2.07. The number of hydrogen-bond donors (Lipinski definition) is 1. The monoisotopic (exact) mass is 235 g/mol. The summed E-state index contributed by atoms with van der Waals surface area (Å²) in [6, 6.07) is -0.941. The van der Waals surface area contributed by atoms with Crippen LogP contribution in [0.1, 0.15) is 12.8 Å². The quantitative estimate of drug-likeness (QED) is 0.571. The maximum absolute atomic E-state index is 12.0. The number of nitrogens with zero attached hydrogens (tertiary/aromatic N) is 1. The molecule has 0 spiro atoms. The van der Waals surface area contributed by atoms with Gasteiger partial charge in [-0.3, -0.25) is 4.79 Å². The summed E-state index contributed by atoms with van der Waals surface area (Å²) in [5.74, 6) is -1.16. The van der Waals surface area contributed by atoms with E-state index in [1.807, 2.05) is 0 Å². The van der Waals surface area contributed by atoms with Gasteiger partial charge in [0.1, 0.15) is 6.04 Å². The van der Waals surface area contributed by atoms with Crippen molar-refractivity contribution in [1.82, 2.24) is 4.90 Å². The minimum Gasteiger partial charge on any atom is -0.480 e. The topological polar surface area (TPSA) is 40.5 Å². The number of hydrogen-bond acceptors (Lipinski definition) is 2. The minimum atomic E-state index is -4.91. The van der Waals surface area contributed by atoms with Gasteiger partial charge in [0.25, 0.3) is 0 Å². The van der Waals surface area contributed by atoms with E-state index in [0.717, 1.165) is 4.90 Å². The molecule has 1 aliphatic heterocycles. The van der Waals surface area contributed by atoms with Gasteiger partial charge in [-0.2, -0.15) is 0 Å². The van der Waals surface area contributed by atoms with Gasteiger partial charge in [0.05, 0.1) is 0 Å². The van der Waals surface area contributed by atoms with Crippen molar-refractivity contribution in [3.63, 3.8) is 0 Å². The first-order valence-corrected chi connectivity index (χ1v) is 4.08. The Balaban J connectivity index is 0.00000169. The molecule has 0 aromatic heterocycles. The Morgan fingerprint density at radius 3 is 2.50 bits per heavy atom.